The molecular weight excluding hydrogens is 266 g/mol. The van der Waals surface area contributed by atoms with E-state index in [-0.39, 0.29) is 18.6 Å². The van der Waals surface area contributed by atoms with E-state index in [9.17, 15) is 14.7 Å². The van der Waals surface area contributed by atoms with Crippen LogP contribution < -0.4 is 11.2 Å². The fourth-order valence-corrected chi connectivity index (χ4v) is 2.29. The maximum Gasteiger partial charge on any atom is 0.332 e. The lowest BCUT2D eigenvalue weighted by Gasteiger charge is -2.16. The predicted molar refractivity (Wildman–Crippen MR) is 69.2 cm³/mol. The monoisotopic (exact) mass is 281 g/mol. The van der Waals surface area contributed by atoms with Crippen LogP contribution in [0.2, 0.25) is 0 Å². The molecule has 0 aliphatic carbocycles. The summed E-state index contributed by atoms with van der Waals surface area (Å²) in [6, 6.07) is -0.542. The predicted octanol–water partition coefficient (Wildman–Crippen LogP) is -0.186. The summed E-state index contributed by atoms with van der Waals surface area (Å²) >= 11 is 0. The summed E-state index contributed by atoms with van der Waals surface area (Å²) < 4.78 is 7.80. The number of hydrogen-bond donors (Lipinski definition) is 1. The van der Waals surface area contributed by atoms with Gasteiger partial charge < -0.3 is 9.84 Å². The molecule has 0 unspecified atom stereocenters. The molecule has 9 heteroatoms. The number of nitrogens with zero attached hydrogens (tertiary/aromatic N) is 5. The average Bonchev–Trinajstić information content (AvgIpc) is 2.84. The molecule has 1 fully saturated rings. The summed E-state index contributed by atoms with van der Waals surface area (Å²) in [4.78, 5) is 26.4. The second-order valence-electron chi connectivity index (χ2n) is 4.69. The molecule has 0 amide bonds. The van der Waals surface area contributed by atoms with Gasteiger partial charge in [-0.15, -0.1) is 0 Å². The van der Waals surface area contributed by atoms with E-state index in [1.807, 2.05) is 0 Å². The van der Waals surface area contributed by atoms with Crippen LogP contribution in [0.4, 0.5) is 0 Å². The molecule has 1 saturated heterocycles. The first-order chi connectivity index (χ1) is 9.49. The summed E-state index contributed by atoms with van der Waals surface area (Å²) in [7, 11) is 1.39. The Morgan fingerprint density at radius 1 is 1.60 bits per heavy atom. The van der Waals surface area contributed by atoms with Crippen LogP contribution in [0.5, 0.6) is 0 Å². The third kappa shape index (κ3) is 2.34. The van der Waals surface area contributed by atoms with E-state index in [0.29, 0.717) is 5.56 Å². The van der Waals surface area contributed by atoms with Gasteiger partial charge in [0.1, 0.15) is 6.23 Å². The van der Waals surface area contributed by atoms with Crippen LogP contribution >= 0.6 is 0 Å². The smallest absolute Gasteiger partial charge is 0.332 e. The van der Waals surface area contributed by atoms with Crippen molar-refractivity contribution in [1.82, 2.24) is 9.13 Å². The summed E-state index contributed by atoms with van der Waals surface area (Å²) in [5.41, 5.74) is 8.01. The van der Waals surface area contributed by atoms with Gasteiger partial charge in [0.2, 0.25) is 0 Å². The molecule has 108 valence electrons. The van der Waals surface area contributed by atoms with Crippen molar-refractivity contribution in [2.45, 2.75) is 31.7 Å². The fourth-order valence-electron chi connectivity index (χ4n) is 2.29. The molecule has 0 bridgehead atoms. The second-order valence-corrected chi connectivity index (χ2v) is 4.69. The molecule has 1 aliphatic rings. The van der Waals surface area contributed by atoms with Crippen LogP contribution in [0.3, 0.4) is 0 Å². The molecule has 0 aromatic carbocycles. The summed E-state index contributed by atoms with van der Waals surface area (Å²) in [5.74, 6) is 0. The van der Waals surface area contributed by atoms with Crippen molar-refractivity contribution >= 4 is 0 Å². The van der Waals surface area contributed by atoms with Crippen molar-refractivity contribution in [3.05, 3.63) is 43.0 Å². The van der Waals surface area contributed by atoms with Crippen molar-refractivity contribution in [3.8, 4) is 0 Å². The first kappa shape index (κ1) is 14.3. The Labute approximate surface area is 113 Å². The highest BCUT2D eigenvalue weighted by Crippen LogP contribution is 2.29. The van der Waals surface area contributed by atoms with E-state index in [1.165, 1.54) is 17.8 Å². The third-order valence-corrected chi connectivity index (χ3v) is 3.38. The number of aliphatic hydroxyl groups is 1. The fraction of sp³-hybridized carbons (Fsp3) is 0.636. The zero-order valence-electron chi connectivity index (χ0n) is 11.1. The van der Waals surface area contributed by atoms with E-state index < -0.39 is 24.1 Å². The standard InChI is InChI=1S/C11H15N5O4/c1-6-4-16(11(19)15(2)10(6)18)9-3-7(13-14-12)8(5-17)20-9/h4,7-9,17H,3,5H2,1-2H3/t7-,8+,9+/m0/s1. The zero-order valence-corrected chi connectivity index (χ0v) is 11.1. The minimum absolute atomic E-state index is 0.271. The molecular formula is C11H15N5O4. The Morgan fingerprint density at radius 2 is 2.30 bits per heavy atom. The van der Waals surface area contributed by atoms with Gasteiger partial charge in [-0.05, 0) is 12.5 Å². The molecule has 2 rings (SSSR count). The Balaban J connectivity index is 2.42. The van der Waals surface area contributed by atoms with Crippen LogP contribution in [-0.4, -0.2) is 33.0 Å². The molecule has 1 aromatic rings. The maximum atomic E-state index is 12.1. The number of hydrogen-bond acceptors (Lipinski definition) is 5. The van der Waals surface area contributed by atoms with Gasteiger partial charge in [-0.3, -0.25) is 13.9 Å². The topological polar surface area (TPSA) is 122 Å². The highest BCUT2D eigenvalue weighted by molar-refractivity contribution is 5.03. The number of aliphatic hydroxyl groups excluding tert-OH is 1. The minimum Gasteiger partial charge on any atom is -0.394 e. The molecule has 0 saturated carbocycles. The number of ether oxygens (including phenoxy) is 1. The van der Waals surface area contributed by atoms with E-state index >= 15 is 0 Å². The quantitative estimate of drug-likeness (QED) is 0.468. The number of aryl methyl sites for hydroxylation is 1. The Bertz CT molecular complexity index is 672. The lowest BCUT2D eigenvalue weighted by molar-refractivity contribution is -0.0276. The maximum absolute atomic E-state index is 12.1. The van der Waals surface area contributed by atoms with Crippen LogP contribution in [0.1, 0.15) is 18.2 Å². The molecule has 0 radical (unpaired) electrons. The van der Waals surface area contributed by atoms with Gasteiger partial charge in [0.25, 0.3) is 5.56 Å². The Hall–Kier alpha value is -2.09. The molecule has 1 N–H and O–H groups in total. The van der Waals surface area contributed by atoms with Crippen LogP contribution in [0, 0.1) is 6.92 Å². The first-order valence-corrected chi connectivity index (χ1v) is 6.09. The second kappa shape index (κ2) is 5.49. The third-order valence-electron chi connectivity index (χ3n) is 3.38. The van der Waals surface area contributed by atoms with Crippen molar-refractivity contribution < 1.29 is 9.84 Å². The largest absolute Gasteiger partial charge is 0.394 e. The van der Waals surface area contributed by atoms with Crippen molar-refractivity contribution in [3.63, 3.8) is 0 Å². The highest BCUT2D eigenvalue weighted by atomic mass is 16.5. The molecule has 2 heterocycles. The Morgan fingerprint density at radius 3 is 2.90 bits per heavy atom. The average molecular weight is 281 g/mol. The van der Waals surface area contributed by atoms with Gasteiger partial charge in [-0.25, -0.2) is 4.79 Å². The first-order valence-electron chi connectivity index (χ1n) is 6.09. The van der Waals surface area contributed by atoms with Crippen molar-refractivity contribution in [1.29, 1.82) is 0 Å². The summed E-state index contributed by atoms with van der Waals surface area (Å²) in [5, 5.41) is 12.8. The molecule has 3 atom stereocenters. The number of rotatable bonds is 3. The van der Waals surface area contributed by atoms with Gasteiger partial charge in [0.05, 0.1) is 18.8 Å². The van der Waals surface area contributed by atoms with E-state index in [4.69, 9.17) is 10.3 Å². The Kier molecular flexibility index (Phi) is 3.93. The van der Waals surface area contributed by atoms with Gasteiger partial charge >= 0.3 is 5.69 Å². The minimum atomic E-state index is -0.666. The van der Waals surface area contributed by atoms with Gasteiger partial charge in [0, 0.05) is 30.1 Å². The summed E-state index contributed by atoms with van der Waals surface area (Å²) in [6.07, 6.45) is 0.371. The molecule has 9 nitrogen and oxygen atoms in total. The molecule has 20 heavy (non-hydrogen) atoms. The summed E-state index contributed by atoms with van der Waals surface area (Å²) in [6.45, 7) is 1.29. The highest BCUT2D eigenvalue weighted by Gasteiger charge is 2.35. The van der Waals surface area contributed by atoms with Gasteiger partial charge in [-0.2, -0.15) is 0 Å². The zero-order chi connectivity index (χ0) is 14.9. The van der Waals surface area contributed by atoms with Crippen molar-refractivity contribution in [2.75, 3.05) is 6.61 Å². The van der Waals surface area contributed by atoms with E-state index in [1.54, 1.807) is 6.92 Å². The molecule has 0 spiro atoms. The van der Waals surface area contributed by atoms with Gasteiger partial charge in [0.15, 0.2) is 0 Å². The lowest BCUT2D eigenvalue weighted by Crippen LogP contribution is -2.40. The van der Waals surface area contributed by atoms with E-state index in [0.717, 1.165) is 4.57 Å². The van der Waals surface area contributed by atoms with Gasteiger partial charge in [-0.1, -0.05) is 5.11 Å². The van der Waals surface area contributed by atoms with Crippen LogP contribution in [-0.2, 0) is 11.8 Å². The van der Waals surface area contributed by atoms with Crippen molar-refractivity contribution in [2.24, 2.45) is 12.2 Å². The SMILES string of the molecule is Cc1cn([C@H]2C[C@H](N=[N+]=[N-])[C@@H](CO)O2)c(=O)n(C)c1=O. The van der Waals surface area contributed by atoms with Crippen LogP contribution in [0.25, 0.3) is 10.4 Å². The molecule has 1 aliphatic heterocycles. The number of aromatic nitrogens is 2. The van der Waals surface area contributed by atoms with E-state index in [2.05, 4.69) is 10.0 Å². The number of azide groups is 1. The normalized spacial score (nSPS) is 25.4. The molecule has 1 aromatic heterocycles. The van der Waals surface area contributed by atoms with Crippen LogP contribution in [0.15, 0.2) is 20.9 Å². The lowest BCUT2D eigenvalue weighted by atomic mass is 10.1.